The van der Waals surface area contributed by atoms with E-state index in [9.17, 15) is 9.50 Å². The molecule has 2 nitrogen and oxygen atoms in total. The third kappa shape index (κ3) is 2.50. The number of aliphatic hydroxyl groups excluding tert-OH is 1. The van der Waals surface area contributed by atoms with Gasteiger partial charge in [0.1, 0.15) is 0 Å². The molecule has 4 aliphatic carbocycles. The Hall–Kier alpha value is -1.48. The number of rotatable bonds is 1. The number of hydrogen-bond donors (Lipinski definition) is 1. The van der Waals surface area contributed by atoms with Gasteiger partial charge in [-0.2, -0.15) is 4.39 Å². The standard InChI is InChI=1S/C24H30FNO/c1-23-11-9-17(27)13-16(23)4-5-18-20-7-6-19(15-3-8-22(25)26-14-15)24(20,2)12-10-21(18)23/h3-4,6,8,14,17-18,20-21,27H,5,7,9-13H2,1-2H3/t17-,18?,20?,21?,23-,24+/m0/s1. The highest BCUT2D eigenvalue weighted by molar-refractivity contribution is 5.72. The molecule has 0 amide bonds. The van der Waals surface area contributed by atoms with E-state index in [0.29, 0.717) is 5.92 Å². The fourth-order valence-corrected chi connectivity index (χ4v) is 7.19. The van der Waals surface area contributed by atoms with Crippen molar-refractivity contribution in [1.29, 1.82) is 0 Å². The zero-order valence-corrected chi connectivity index (χ0v) is 16.4. The second kappa shape index (κ2) is 6.01. The van der Waals surface area contributed by atoms with Gasteiger partial charge in [0.25, 0.3) is 0 Å². The third-order valence-electron chi connectivity index (χ3n) is 8.70. The molecular weight excluding hydrogens is 337 g/mol. The predicted octanol–water partition coefficient (Wildman–Crippen LogP) is 5.54. The van der Waals surface area contributed by atoms with Gasteiger partial charge in [0.2, 0.25) is 5.95 Å². The molecule has 1 N–H and O–H groups in total. The van der Waals surface area contributed by atoms with Crippen molar-refractivity contribution in [2.75, 3.05) is 0 Å². The van der Waals surface area contributed by atoms with Crippen molar-refractivity contribution in [2.24, 2.45) is 28.6 Å². The number of allylic oxidation sites excluding steroid dienone is 3. The van der Waals surface area contributed by atoms with Gasteiger partial charge in [-0.15, -0.1) is 0 Å². The summed E-state index contributed by atoms with van der Waals surface area (Å²) in [6.45, 7) is 4.90. The first kappa shape index (κ1) is 17.6. The molecule has 5 rings (SSSR count). The molecule has 1 heterocycles. The fourth-order valence-electron chi connectivity index (χ4n) is 7.19. The Morgan fingerprint density at radius 3 is 2.63 bits per heavy atom. The van der Waals surface area contributed by atoms with Gasteiger partial charge in [0, 0.05) is 6.20 Å². The van der Waals surface area contributed by atoms with Crippen molar-refractivity contribution in [1.82, 2.24) is 4.98 Å². The summed E-state index contributed by atoms with van der Waals surface area (Å²) in [7, 11) is 0. The average molecular weight is 368 g/mol. The van der Waals surface area contributed by atoms with Gasteiger partial charge in [-0.05, 0) is 96.8 Å². The summed E-state index contributed by atoms with van der Waals surface area (Å²) in [5.41, 5.74) is 4.47. The highest BCUT2D eigenvalue weighted by Crippen LogP contribution is 2.66. The van der Waals surface area contributed by atoms with E-state index < -0.39 is 5.95 Å². The molecule has 4 aliphatic rings. The Balaban J connectivity index is 1.46. The molecule has 3 heteroatoms. The topological polar surface area (TPSA) is 33.1 Å². The van der Waals surface area contributed by atoms with E-state index in [0.717, 1.165) is 49.5 Å². The summed E-state index contributed by atoms with van der Waals surface area (Å²) in [6.07, 6.45) is 14.2. The van der Waals surface area contributed by atoms with Gasteiger partial charge in [-0.3, -0.25) is 0 Å². The lowest BCUT2D eigenvalue weighted by molar-refractivity contribution is -0.0238. The molecule has 0 aromatic carbocycles. The van der Waals surface area contributed by atoms with Crippen LogP contribution in [0.2, 0.25) is 0 Å². The van der Waals surface area contributed by atoms with E-state index in [1.165, 1.54) is 30.1 Å². The molecule has 1 aromatic heterocycles. The normalized spacial score (nSPS) is 43.3. The fraction of sp³-hybridized carbons (Fsp3) is 0.625. The van der Waals surface area contributed by atoms with Gasteiger partial charge in [0.15, 0.2) is 0 Å². The van der Waals surface area contributed by atoms with E-state index >= 15 is 0 Å². The monoisotopic (exact) mass is 367 g/mol. The minimum atomic E-state index is -0.403. The van der Waals surface area contributed by atoms with Crippen LogP contribution in [0.3, 0.4) is 0 Å². The summed E-state index contributed by atoms with van der Waals surface area (Å²) in [6, 6.07) is 3.39. The van der Waals surface area contributed by atoms with Gasteiger partial charge in [-0.25, -0.2) is 4.98 Å². The smallest absolute Gasteiger partial charge is 0.212 e. The molecule has 2 saturated carbocycles. The first-order valence-corrected chi connectivity index (χ1v) is 10.6. The minimum absolute atomic E-state index is 0.138. The van der Waals surface area contributed by atoms with Crippen LogP contribution < -0.4 is 0 Å². The van der Waals surface area contributed by atoms with Gasteiger partial charge >= 0.3 is 0 Å². The van der Waals surface area contributed by atoms with Crippen LogP contribution in [-0.4, -0.2) is 16.2 Å². The summed E-state index contributed by atoms with van der Waals surface area (Å²) in [5.74, 6) is 1.72. The number of fused-ring (bicyclic) bond motifs is 5. The first-order valence-electron chi connectivity index (χ1n) is 10.6. The van der Waals surface area contributed by atoms with Crippen LogP contribution in [0.15, 0.2) is 36.1 Å². The van der Waals surface area contributed by atoms with E-state index in [1.54, 1.807) is 6.20 Å². The third-order valence-corrected chi connectivity index (χ3v) is 8.70. The number of pyridine rings is 1. The average Bonchev–Trinajstić information content (AvgIpc) is 3.00. The molecule has 0 spiro atoms. The number of hydrogen-bond acceptors (Lipinski definition) is 2. The second-order valence-electron chi connectivity index (χ2n) is 9.84. The first-order chi connectivity index (χ1) is 12.9. The molecule has 0 aliphatic heterocycles. The Morgan fingerprint density at radius 2 is 1.85 bits per heavy atom. The van der Waals surface area contributed by atoms with Crippen molar-refractivity contribution in [3.05, 3.63) is 47.6 Å². The Kier molecular flexibility index (Phi) is 3.92. The maximum atomic E-state index is 13.3. The number of nitrogens with zero attached hydrogens (tertiary/aromatic N) is 1. The molecule has 0 bridgehead atoms. The van der Waals surface area contributed by atoms with Crippen LogP contribution in [-0.2, 0) is 0 Å². The molecule has 144 valence electrons. The Bertz CT molecular complexity index is 812. The van der Waals surface area contributed by atoms with Gasteiger partial charge in [-0.1, -0.05) is 31.6 Å². The van der Waals surface area contributed by atoms with Gasteiger partial charge in [0.05, 0.1) is 6.10 Å². The zero-order valence-electron chi connectivity index (χ0n) is 16.4. The Labute approximate surface area is 161 Å². The van der Waals surface area contributed by atoms with Crippen LogP contribution >= 0.6 is 0 Å². The van der Waals surface area contributed by atoms with E-state index in [-0.39, 0.29) is 16.9 Å². The van der Waals surface area contributed by atoms with Crippen molar-refractivity contribution in [3.63, 3.8) is 0 Å². The molecule has 0 saturated heterocycles. The molecular formula is C24H30FNO. The van der Waals surface area contributed by atoms with Crippen LogP contribution in [0.4, 0.5) is 4.39 Å². The van der Waals surface area contributed by atoms with Crippen molar-refractivity contribution in [2.45, 2.75) is 64.9 Å². The molecule has 1 aromatic rings. The predicted molar refractivity (Wildman–Crippen MR) is 105 cm³/mol. The van der Waals surface area contributed by atoms with Crippen LogP contribution in [0.1, 0.15) is 64.4 Å². The molecule has 2 fully saturated rings. The highest BCUT2D eigenvalue weighted by Gasteiger charge is 2.56. The zero-order chi connectivity index (χ0) is 18.8. The molecule has 0 radical (unpaired) electrons. The molecule has 27 heavy (non-hydrogen) atoms. The maximum Gasteiger partial charge on any atom is 0.212 e. The van der Waals surface area contributed by atoms with E-state index in [2.05, 4.69) is 31.0 Å². The quantitative estimate of drug-likeness (QED) is 0.522. The van der Waals surface area contributed by atoms with Crippen LogP contribution in [0.25, 0.3) is 5.57 Å². The highest BCUT2D eigenvalue weighted by atomic mass is 19.1. The largest absolute Gasteiger partial charge is 0.393 e. The number of aromatic nitrogens is 1. The van der Waals surface area contributed by atoms with E-state index in [1.807, 2.05) is 6.07 Å². The summed E-state index contributed by atoms with van der Waals surface area (Å²) in [5, 5.41) is 10.1. The van der Waals surface area contributed by atoms with E-state index in [4.69, 9.17) is 0 Å². The maximum absolute atomic E-state index is 13.3. The second-order valence-corrected chi connectivity index (χ2v) is 9.84. The molecule has 6 atom stereocenters. The minimum Gasteiger partial charge on any atom is -0.393 e. The molecule has 3 unspecified atom stereocenters. The number of aliphatic hydroxyl groups is 1. The lowest BCUT2D eigenvalue weighted by Gasteiger charge is -2.57. The lowest BCUT2D eigenvalue weighted by Crippen LogP contribution is -2.49. The van der Waals surface area contributed by atoms with Crippen LogP contribution in [0, 0.1) is 34.5 Å². The lowest BCUT2D eigenvalue weighted by atomic mass is 9.47. The summed E-state index contributed by atoms with van der Waals surface area (Å²) < 4.78 is 13.3. The number of halogens is 1. The summed E-state index contributed by atoms with van der Waals surface area (Å²) >= 11 is 0. The van der Waals surface area contributed by atoms with Crippen LogP contribution in [0.5, 0.6) is 0 Å². The Morgan fingerprint density at radius 1 is 1.04 bits per heavy atom. The van der Waals surface area contributed by atoms with Crippen molar-refractivity contribution >= 4 is 5.57 Å². The SMILES string of the molecule is C[C@]12CC[C@H](O)CC1=CCC1C2CC[C@]2(C)C(c3ccc(F)nc3)=CCC12. The summed E-state index contributed by atoms with van der Waals surface area (Å²) in [4.78, 5) is 3.91. The van der Waals surface area contributed by atoms with Gasteiger partial charge < -0.3 is 5.11 Å². The van der Waals surface area contributed by atoms with Crippen molar-refractivity contribution < 1.29 is 9.50 Å². The van der Waals surface area contributed by atoms with Crippen molar-refractivity contribution in [3.8, 4) is 0 Å².